The highest BCUT2D eigenvalue weighted by atomic mass is 35.5. The number of nitrogens with one attached hydrogen (secondary N) is 1. The van der Waals surface area contributed by atoms with Crippen LogP contribution in [0.4, 0.5) is 0 Å². The summed E-state index contributed by atoms with van der Waals surface area (Å²) in [6.45, 7) is 0.816. The van der Waals surface area contributed by atoms with E-state index in [9.17, 15) is 24.7 Å². The van der Waals surface area contributed by atoms with Gasteiger partial charge < -0.3 is 19.8 Å². The third-order valence-electron chi connectivity index (χ3n) is 5.08. The number of aliphatic hydroxyl groups excluding tert-OH is 1. The number of aliphatic hydroxyl groups is 1. The van der Waals surface area contributed by atoms with Gasteiger partial charge in [0, 0.05) is 28.6 Å². The summed E-state index contributed by atoms with van der Waals surface area (Å²) in [6.07, 6.45) is 0.0205. The fourth-order valence-electron chi connectivity index (χ4n) is 3.25. The van der Waals surface area contributed by atoms with Crippen molar-refractivity contribution in [3.63, 3.8) is 0 Å². The lowest BCUT2D eigenvalue weighted by atomic mass is 10.0. The van der Waals surface area contributed by atoms with Crippen LogP contribution in [0.5, 0.6) is 0 Å². The number of ether oxygens (including phenoxy) is 2. The topological polar surface area (TPSA) is 156 Å². The van der Waals surface area contributed by atoms with Gasteiger partial charge >= 0.3 is 11.9 Å². The normalized spacial score (nSPS) is 11.7. The minimum atomic E-state index is -1.70. The number of carbonyl (C=O) groups is 3. The zero-order chi connectivity index (χ0) is 27.7. The summed E-state index contributed by atoms with van der Waals surface area (Å²) in [5, 5.41) is 28.8. The largest absolute Gasteiger partial charge is 0.428 e. The minimum absolute atomic E-state index is 0.0540. The third-order valence-corrected chi connectivity index (χ3v) is 5.65. The van der Waals surface area contributed by atoms with Crippen LogP contribution >= 0.6 is 23.2 Å². The number of esters is 2. The Balaban J connectivity index is 1.70. The van der Waals surface area contributed by atoms with E-state index in [1.807, 2.05) is 0 Å². The van der Waals surface area contributed by atoms with Crippen molar-refractivity contribution in [2.75, 3.05) is 13.3 Å². The first kappa shape index (κ1) is 28.9. The van der Waals surface area contributed by atoms with E-state index in [2.05, 4.69) is 15.7 Å². The molecule has 0 radical (unpaired) electrons. The van der Waals surface area contributed by atoms with Crippen LogP contribution in [-0.2, 0) is 25.6 Å². The summed E-state index contributed by atoms with van der Waals surface area (Å²) < 4.78 is 9.55. The summed E-state index contributed by atoms with van der Waals surface area (Å²) >= 11 is 12.4. The van der Waals surface area contributed by atoms with Crippen LogP contribution in [0.3, 0.4) is 0 Å². The van der Waals surface area contributed by atoms with Crippen LogP contribution in [-0.4, -0.2) is 67.8 Å². The van der Waals surface area contributed by atoms with Gasteiger partial charge in [-0.2, -0.15) is 0 Å². The van der Waals surface area contributed by atoms with E-state index in [1.54, 1.807) is 49.4 Å². The van der Waals surface area contributed by atoms with Crippen LogP contribution in [0.2, 0.25) is 10.0 Å². The lowest BCUT2D eigenvalue weighted by Crippen LogP contribution is -2.47. The molecule has 1 heterocycles. The van der Waals surface area contributed by atoms with Crippen molar-refractivity contribution in [1.82, 2.24) is 25.6 Å². The van der Waals surface area contributed by atoms with Crippen LogP contribution in [0.1, 0.15) is 35.8 Å². The molecular weight excluding hydrogens is 541 g/mol. The lowest BCUT2D eigenvalue weighted by molar-refractivity contribution is -0.174. The van der Waals surface area contributed by atoms with Crippen molar-refractivity contribution in [3.8, 4) is 11.1 Å². The van der Waals surface area contributed by atoms with E-state index in [0.29, 0.717) is 26.9 Å². The van der Waals surface area contributed by atoms with E-state index in [1.165, 1.54) is 5.01 Å². The molecule has 12 nitrogen and oxygen atoms in total. The Kier molecular flexibility index (Phi) is 10.4. The van der Waals surface area contributed by atoms with Crippen molar-refractivity contribution in [3.05, 3.63) is 70.0 Å². The number of carbonyl (C=O) groups excluding carboxylic acids is 3. The summed E-state index contributed by atoms with van der Waals surface area (Å²) in [4.78, 5) is 36.5. The molecule has 2 aromatic carbocycles. The Labute approximate surface area is 227 Å². The summed E-state index contributed by atoms with van der Waals surface area (Å²) in [7, 11) is 0. The molecule has 3 N–H and O–H groups in total. The fraction of sp³-hybridized carbons (Fsp3) is 0.292. The molecular formula is C24H25Cl2N5O7. The second kappa shape index (κ2) is 13.7. The maximum atomic E-state index is 12.6. The van der Waals surface area contributed by atoms with Gasteiger partial charge in [0.1, 0.15) is 0 Å². The van der Waals surface area contributed by atoms with Crippen LogP contribution in [0.25, 0.3) is 11.1 Å². The first-order valence-corrected chi connectivity index (χ1v) is 12.1. The van der Waals surface area contributed by atoms with Crippen LogP contribution < -0.4 is 5.43 Å². The van der Waals surface area contributed by atoms with Gasteiger partial charge in [0.15, 0.2) is 11.8 Å². The maximum Gasteiger partial charge on any atom is 0.339 e. The molecule has 38 heavy (non-hydrogen) atoms. The molecule has 0 spiro atoms. The molecule has 202 valence electrons. The highest BCUT2D eigenvalue weighted by Crippen LogP contribution is 2.30. The Morgan fingerprint density at radius 2 is 1.87 bits per heavy atom. The average molecular weight is 566 g/mol. The average Bonchev–Trinajstić information content (AvgIpc) is 3.32. The summed E-state index contributed by atoms with van der Waals surface area (Å²) in [6, 6.07) is 12.3. The van der Waals surface area contributed by atoms with Crippen molar-refractivity contribution >= 4 is 41.0 Å². The molecule has 3 aromatic rings. The van der Waals surface area contributed by atoms with Crippen molar-refractivity contribution in [2.45, 2.75) is 32.4 Å². The standard InChI is InChI=1S/C24H25Cl2N5O7/c1-2-3-22(33)37-14-38-24(35)21(32)13-30(28-23(34)20-12-31(36)29-27-20)11-15-4-6-16(7-5-15)18-10-17(25)8-9-19(18)26/h4-10,12,21,32,36H,2-3,11,13-14H2,1H3,(H,28,34)/t21-/m1/s1. The molecule has 1 atom stereocenters. The molecule has 0 unspecified atom stereocenters. The van der Waals surface area contributed by atoms with Gasteiger partial charge in [0.05, 0.1) is 12.7 Å². The monoisotopic (exact) mass is 565 g/mol. The summed E-state index contributed by atoms with van der Waals surface area (Å²) in [5.41, 5.74) is 4.55. The number of aromatic nitrogens is 3. The third kappa shape index (κ3) is 8.42. The molecule has 0 aliphatic carbocycles. The van der Waals surface area contributed by atoms with E-state index >= 15 is 0 Å². The van der Waals surface area contributed by atoms with E-state index in [0.717, 1.165) is 17.3 Å². The molecule has 0 aliphatic heterocycles. The number of hydrogen-bond donors (Lipinski definition) is 3. The number of amides is 1. The van der Waals surface area contributed by atoms with Gasteiger partial charge in [-0.05, 0) is 41.0 Å². The molecule has 0 aliphatic rings. The molecule has 3 rings (SSSR count). The van der Waals surface area contributed by atoms with Crippen molar-refractivity contribution in [1.29, 1.82) is 0 Å². The number of halogens is 2. The Morgan fingerprint density at radius 3 is 2.53 bits per heavy atom. The van der Waals surface area contributed by atoms with E-state index in [4.69, 9.17) is 32.7 Å². The molecule has 14 heteroatoms. The second-order valence-electron chi connectivity index (χ2n) is 8.03. The van der Waals surface area contributed by atoms with Gasteiger partial charge in [0.2, 0.25) is 6.79 Å². The first-order chi connectivity index (χ1) is 18.2. The lowest BCUT2D eigenvalue weighted by Gasteiger charge is -2.24. The minimum Gasteiger partial charge on any atom is -0.428 e. The molecule has 0 bridgehead atoms. The van der Waals surface area contributed by atoms with Gasteiger partial charge in [-0.15, -0.1) is 5.10 Å². The molecule has 0 saturated heterocycles. The zero-order valence-corrected chi connectivity index (χ0v) is 21.7. The molecule has 0 fully saturated rings. The summed E-state index contributed by atoms with van der Waals surface area (Å²) in [5.74, 6) is -2.34. The quantitative estimate of drug-likeness (QED) is 0.129. The molecule has 1 amide bonds. The van der Waals surface area contributed by atoms with Crippen molar-refractivity contribution in [2.24, 2.45) is 0 Å². The van der Waals surface area contributed by atoms with E-state index in [-0.39, 0.29) is 25.2 Å². The number of rotatable bonds is 12. The zero-order valence-electron chi connectivity index (χ0n) is 20.2. The predicted octanol–water partition coefficient (Wildman–Crippen LogP) is 2.84. The number of hydrazine groups is 1. The number of benzene rings is 2. The fourth-order valence-corrected chi connectivity index (χ4v) is 3.65. The van der Waals surface area contributed by atoms with Gasteiger partial charge in [-0.25, -0.2) is 9.80 Å². The van der Waals surface area contributed by atoms with Crippen molar-refractivity contribution < 1.29 is 34.2 Å². The second-order valence-corrected chi connectivity index (χ2v) is 8.87. The predicted molar refractivity (Wildman–Crippen MR) is 135 cm³/mol. The van der Waals surface area contributed by atoms with E-state index < -0.39 is 30.7 Å². The SMILES string of the molecule is CCCC(=O)OCOC(=O)[C@H](O)CN(Cc1ccc(-c2cc(Cl)ccc2Cl)cc1)NC(=O)c1cn(O)nn1. The highest BCUT2D eigenvalue weighted by Gasteiger charge is 2.24. The molecule has 0 saturated carbocycles. The Bertz CT molecular complexity index is 1270. The van der Waals surface area contributed by atoms with Gasteiger partial charge in [-0.3, -0.25) is 15.0 Å². The van der Waals surface area contributed by atoms with Gasteiger partial charge in [0.25, 0.3) is 5.91 Å². The Hall–Kier alpha value is -3.71. The number of hydrogen-bond acceptors (Lipinski definition) is 10. The smallest absolute Gasteiger partial charge is 0.339 e. The molecule has 1 aromatic heterocycles. The highest BCUT2D eigenvalue weighted by molar-refractivity contribution is 6.35. The first-order valence-electron chi connectivity index (χ1n) is 11.4. The van der Waals surface area contributed by atoms with Crippen LogP contribution in [0, 0.1) is 0 Å². The number of nitrogens with zero attached hydrogens (tertiary/aromatic N) is 4. The maximum absolute atomic E-state index is 12.6. The van der Waals surface area contributed by atoms with Crippen LogP contribution in [0.15, 0.2) is 48.7 Å². The Morgan fingerprint density at radius 1 is 1.13 bits per heavy atom. The van der Waals surface area contributed by atoms with Gasteiger partial charge in [-0.1, -0.05) is 59.2 Å².